The molecule has 7 nitrogen and oxygen atoms in total. The maximum Gasteiger partial charge on any atom is 0.276 e. The molecule has 1 heterocycles. The molecule has 1 N–H and O–H groups in total. The molecule has 0 aliphatic carbocycles. The highest BCUT2D eigenvalue weighted by Gasteiger charge is 2.13. The predicted octanol–water partition coefficient (Wildman–Crippen LogP) is 2.63. The molecule has 2 rings (SSSR count). The van der Waals surface area contributed by atoms with Gasteiger partial charge in [0.15, 0.2) is 0 Å². The van der Waals surface area contributed by atoms with E-state index in [9.17, 15) is 9.59 Å². The van der Waals surface area contributed by atoms with E-state index in [1.807, 2.05) is 25.1 Å². The van der Waals surface area contributed by atoms with Gasteiger partial charge in [0.05, 0.1) is 5.69 Å². The van der Waals surface area contributed by atoms with Crippen molar-refractivity contribution in [3.05, 3.63) is 52.4 Å². The summed E-state index contributed by atoms with van der Waals surface area (Å²) >= 11 is 0. The molecule has 146 valence electrons. The second kappa shape index (κ2) is 10.5. The molecule has 0 aliphatic rings. The molecule has 1 amide bonds. The molecule has 0 bridgehead atoms. The lowest BCUT2D eigenvalue weighted by Crippen LogP contribution is -2.28. The molecule has 0 spiro atoms. The van der Waals surface area contributed by atoms with Gasteiger partial charge in [-0.25, -0.2) is 4.68 Å². The van der Waals surface area contributed by atoms with Crippen molar-refractivity contribution >= 4 is 11.6 Å². The number of rotatable bonds is 10. The zero-order valence-corrected chi connectivity index (χ0v) is 16.3. The molecule has 0 aliphatic heterocycles. The normalized spacial score (nSPS) is 10.8. The highest BCUT2D eigenvalue weighted by Crippen LogP contribution is 2.24. The smallest absolute Gasteiger partial charge is 0.276 e. The van der Waals surface area contributed by atoms with Crippen LogP contribution in [0.25, 0.3) is 0 Å². The summed E-state index contributed by atoms with van der Waals surface area (Å²) in [6, 6.07) is 10.1. The number of para-hydroxylation sites is 2. The van der Waals surface area contributed by atoms with Crippen molar-refractivity contribution in [2.24, 2.45) is 0 Å². The number of nitrogens with zero attached hydrogens (tertiary/aromatic N) is 3. The van der Waals surface area contributed by atoms with Gasteiger partial charge in [0.2, 0.25) is 0 Å². The molecule has 0 saturated carbocycles. The van der Waals surface area contributed by atoms with Gasteiger partial charge in [-0.15, -0.1) is 0 Å². The van der Waals surface area contributed by atoms with Gasteiger partial charge in [0.25, 0.3) is 11.5 Å². The first-order chi connectivity index (χ1) is 13.1. The minimum Gasteiger partial charge on any atom is -0.490 e. The Labute approximate surface area is 160 Å². The summed E-state index contributed by atoms with van der Waals surface area (Å²) in [6.07, 6.45) is 0.765. The Morgan fingerprint density at radius 2 is 1.89 bits per heavy atom. The SMILES string of the molecule is CCCn1nc(C(=O)Nc2ccccc2OCCN(CC)CC)ccc1=O. The standard InChI is InChI=1S/C20H28N4O3/c1-4-13-24-19(25)12-11-17(22-24)20(26)21-16-9-7-8-10-18(16)27-15-14-23(5-2)6-3/h7-12H,4-6,13-15H2,1-3H3,(H,21,26). The Balaban J connectivity index is 2.07. The summed E-state index contributed by atoms with van der Waals surface area (Å²) in [7, 11) is 0. The van der Waals surface area contributed by atoms with Gasteiger partial charge in [0.1, 0.15) is 18.1 Å². The zero-order chi connectivity index (χ0) is 19.6. The molecule has 0 fully saturated rings. The van der Waals surface area contributed by atoms with Gasteiger partial charge < -0.3 is 15.0 Å². The minimum atomic E-state index is -0.375. The fraction of sp³-hybridized carbons (Fsp3) is 0.450. The molecule has 1 aromatic carbocycles. The predicted molar refractivity (Wildman–Crippen MR) is 106 cm³/mol. The Bertz CT molecular complexity index is 800. The quantitative estimate of drug-likeness (QED) is 0.694. The lowest BCUT2D eigenvalue weighted by molar-refractivity contribution is 0.101. The summed E-state index contributed by atoms with van der Waals surface area (Å²) in [4.78, 5) is 26.6. The number of benzene rings is 1. The minimum absolute atomic E-state index is 0.195. The van der Waals surface area contributed by atoms with E-state index in [1.54, 1.807) is 6.07 Å². The van der Waals surface area contributed by atoms with Gasteiger partial charge in [-0.05, 0) is 37.7 Å². The van der Waals surface area contributed by atoms with Gasteiger partial charge in [-0.1, -0.05) is 32.9 Å². The summed E-state index contributed by atoms with van der Waals surface area (Å²) in [5.74, 6) is 0.236. The number of ether oxygens (including phenoxy) is 1. The molecule has 2 aromatic rings. The largest absolute Gasteiger partial charge is 0.490 e. The molecular weight excluding hydrogens is 344 g/mol. The van der Waals surface area contributed by atoms with Crippen molar-refractivity contribution < 1.29 is 9.53 Å². The Morgan fingerprint density at radius 3 is 2.59 bits per heavy atom. The number of carbonyl (C=O) groups excluding carboxylic acids is 1. The molecule has 0 unspecified atom stereocenters. The third-order valence-corrected chi connectivity index (χ3v) is 4.23. The fourth-order valence-electron chi connectivity index (χ4n) is 2.65. The average molecular weight is 372 g/mol. The Morgan fingerprint density at radius 1 is 1.15 bits per heavy atom. The Kier molecular flexibility index (Phi) is 8.00. The van der Waals surface area contributed by atoms with E-state index in [4.69, 9.17) is 4.74 Å². The number of likely N-dealkylation sites (N-methyl/N-ethyl adjacent to an activating group) is 1. The number of aryl methyl sites for hydroxylation is 1. The van der Waals surface area contributed by atoms with Crippen molar-refractivity contribution in [1.82, 2.24) is 14.7 Å². The van der Waals surface area contributed by atoms with Gasteiger partial charge in [-0.3, -0.25) is 9.59 Å². The highest BCUT2D eigenvalue weighted by molar-refractivity contribution is 6.03. The molecule has 0 saturated heterocycles. The van der Waals surface area contributed by atoms with Crippen LogP contribution in [0.2, 0.25) is 0 Å². The van der Waals surface area contributed by atoms with Gasteiger partial charge >= 0.3 is 0 Å². The monoisotopic (exact) mass is 372 g/mol. The van der Waals surface area contributed by atoms with Crippen LogP contribution in [0.3, 0.4) is 0 Å². The maximum absolute atomic E-state index is 12.6. The summed E-state index contributed by atoms with van der Waals surface area (Å²) in [6.45, 7) is 9.95. The van der Waals surface area contributed by atoms with Crippen LogP contribution in [0.1, 0.15) is 37.7 Å². The Hall–Kier alpha value is -2.67. The van der Waals surface area contributed by atoms with Crippen LogP contribution in [-0.2, 0) is 6.54 Å². The average Bonchev–Trinajstić information content (AvgIpc) is 2.68. The first-order valence-corrected chi connectivity index (χ1v) is 9.42. The first-order valence-electron chi connectivity index (χ1n) is 9.42. The van der Waals surface area contributed by atoms with E-state index in [1.165, 1.54) is 16.8 Å². The summed E-state index contributed by atoms with van der Waals surface area (Å²) < 4.78 is 7.16. The zero-order valence-electron chi connectivity index (χ0n) is 16.3. The summed E-state index contributed by atoms with van der Waals surface area (Å²) in [5.41, 5.74) is 0.562. The number of carbonyl (C=O) groups is 1. The maximum atomic E-state index is 12.6. The third-order valence-electron chi connectivity index (χ3n) is 4.23. The molecule has 1 aromatic heterocycles. The molecule has 7 heteroatoms. The van der Waals surface area contributed by atoms with E-state index >= 15 is 0 Å². The number of hydrogen-bond donors (Lipinski definition) is 1. The van der Waals surface area contributed by atoms with Crippen LogP contribution in [0.4, 0.5) is 5.69 Å². The second-order valence-corrected chi connectivity index (χ2v) is 6.11. The van der Waals surface area contributed by atoms with Crippen LogP contribution in [0.15, 0.2) is 41.2 Å². The van der Waals surface area contributed by atoms with Crippen LogP contribution >= 0.6 is 0 Å². The van der Waals surface area contributed by atoms with Crippen LogP contribution in [0, 0.1) is 0 Å². The van der Waals surface area contributed by atoms with Crippen molar-refractivity contribution in [3.63, 3.8) is 0 Å². The fourth-order valence-corrected chi connectivity index (χ4v) is 2.65. The first kappa shape index (κ1) is 20.6. The van der Waals surface area contributed by atoms with E-state index < -0.39 is 0 Å². The molecular formula is C20H28N4O3. The molecule has 27 heavy (non-hydrogen) atoms. The van der Waals surface area contributed by atoms with E-state index in [0.29, 0.717) is 24.6 Å². The van der Waals surface area contributed by atoms with Crippen molar-refractivity contribution in [3.8, 4) is 5.75 Å². The lowest BCUT2D eigenvalue weighted by Gasteiger charge is -2.19. The van der Waals surface area contributed by atoms with Gasteiger partial charge in [-0.2, -0.15) is 5.10 Å². The highest BCUT2D eigenvalue weighted by atomic mass is 16.5. The van der Waals surface area contributed by atoms with Crippen molar-refractivity contribution in [1.29, 1.82) is 0 Å². The van der Waals surface area contributed by atoms with E-state index in [2.05, 4.69) is 29.2 Å². The number of amides is 1. The van der Waals surface area contributed by atoms with E-state index in [-0.39, 0.29) is 17.2 Å². The van der Waals surface area contributed by atoms with Crippen LogP contribution in [0.5, 0.6) is 5.75 Å². The molecule has 0 radical (unpaired) electrons. The van der Waals surface area contributed by atoms with Crippen molar-refractivity contribution in [2.45, 2.75) is 33.7 Å². The van der Waals surface area contributed by atoms with E-state index in [0.717, 1.165) is 26.1 Å². The second-order valence-electron chi connectivity index (χ2n) is 6.11. The summed E-state index contributed by atoms with van der Waals surface area (Å²) in [5, 5.41) is 6.97. The number of nitrogens with one attached hydrogen (secondary N) is 1. The van der Waals surface area contributed by atoms with Crippen LogP contribution < -0.4 is 15.6 Å². The van der Waals surface area contributed by atoms with Crippen molar-refractivity contribution in [2.75, 3.05) is 31.6 Å². The molecule has 0 atom stereocenters. The lowest BCUT2D eigenvalue weighted by atomic mass is 10.2. The topological polar surface area (TPSA) is 76.5 Å². The van der Waals surface area contributed by atoms with Crippen LogP contribution in [-0.4, -0.2) is 46.8 Å². The van der Waals surface area contributed by atoms with Gasteiger partial charge in [0, 0.05) is 19.2 Å². The number of anilines is 1. The number of hydrogen-bond acceptors (Lipinski definition) is 5. The third kappa shape index (κ3) is 5.92. The number of aromatic nitrogens is 2.